The van der Waals surface area contributed by atoms with E-state index in [4.69, 9.17) is 0 Å². The highest BCUT2D eigenvalue weighted by atomic mass is 31.2. The summed E-state index contributed by atoms with van der Waals surface area (Å²) in [5, 5.41) is 3.57. The van der Waals surface area contributed by atoms with Crippen molar-refractivity contribution in [2.75, 3.05) is 5.32 Å². The maximum absolute atomic E-state index is 15.2. The first-order valence-corrected chi connectivity index (χ1v) is 14.2. The van der Waals surface area contributed by atoms with Gasteiger partial charge in [0.1, 0.15) is 5.82 Å². The highest BCUT2D eigenvalue weighted by Crippen LogP contribution is 2.50. The summed E-state index contributed by atoms with van der Waals surface area (Å²) in [6.45, 7) is 7.58. The molecule has 0 spiro atoms. The van der Waals surface area contributed by atoms with Crippen LogP contribution in [0.3, 0.4) is 0 Å². The number of nitrogens with zero attached hydrogens (tertiary/aromatic N) is 1. The van der Waals surface area contributed by atoms with E-state index in [9.17, 15) is 19.1 Å². The van der Waals surface area contributed by atoms with Crippen LogP contribution >= 0.6 is 7.60 Å². The molecule has 8 heteroatoms. The van der Waals surface area contributed by atoms with Gasteiger partial charge in [-0.3, -0.25) is 9.36 Å². The summed E-state index contributed by atoms with van der Waals surface area (Å²) in [5.41, 5.74) is 1.26. The molecule has 0 aliphatic heterocycles. The predicted octanol–water partition coefficient (Wildman–Crippen LogP) is 6.96. The first-order chi connectivity index (χ1) is 16.2. The number of nitrogens with one attached hydrogen (secondary N) is 1. The third-order valence-electron chi connectivity index (χ3n) is 7.14. The number of hydrogen-bond donors (Lipinski definition) is 3. The lowest BCUT2D eigenvalue weighted by Crippen LogP contribution is -2.23. The fourth-order valence-corrected chi connectivity index (χ4v) is 6.33. The molecule has 0 radical (unpaired) electrons. The maximum atomic E-state index is 15.2. The van der Waals surface area contributed by atoms with Crippen molar-refractivity contribution in [3.05, 3.63) is 45.2 Å². The van der Waals surface area contributed by atoms with Crippen LogP contribution in [0.15, 0.2) is 28.4 Å². The third-order valence-corrected chi connectivity index (χ3v) is 8.42. The highest BCUT2D eigenvalue weighted by molar-refractivity contribution is 7.56. The van der Waals surface area contributed by atoms with Crippen molar-refractivity contribution in [3.8, 4) is 0 Å². The Morgan fingerprint density at radius 3 is 2.29 bits per heavy atom. The summed E-state index contributed by atoms with van der Waals surface area (Å²) in [7, 11) is -4.54. The van der Waals surface area contributed by atoms with Crippen LogP contribution < -0.4 is 10.7 Å². The molecule has 0 unspecified atom stereocenters. The van der Waals surface area contributed by atoms with Crippen LogP contribution in [0.1, 0.15) is 97.1 Å². The second-order valence-corrected chi connectivity index (χ2v) is 10.9. The fraction of sp³-hybridized carbons (Fsp3) is 0.577. The number of benzene rings is 1. The second kappa shape index (κ2) is 11.2. The molecular weight excluding hydrogens is 454 g/mol. The third kappa shape index (κ3) is 5.48. The Labute approximate surface area is 201 Å². The van der Waals surface area contributed by atoms with Crippen LogP contribution in [0.5, 0.6) is 0 Å². The van der Waals surface area contributed by atoms with E-state index in [-0.39, 0.29) is 34.8 Å². The molecule has 1 aromatic carbocycles. The molecule has 188 valence electrons. The number of pyridine rings is 1. The van der Waals surface area contributed by atoms with Crippen LogP contribution in [0, 0.1) is 5.82 Å². The molecule has 1 aliphatic carbocycles. The van der Waals surface area contributed by atoms with E-state index in [2.05, 4.69) is 19.2 Å². The molecule has 0 saturated heterocycles. The lowest BCUT2D eigenvalue weighted by molar-refractivity contribution is 0.381. The molecule has 1 aliphatic rings. The Balaban J connectivity index is 2.30. The van der Waals surface area contributed by atoms with E-state index in [1.165, 1.54) is 12.5 Å². The molecule has 3 rings (SSSR count). The van der Waals surface area contributed by atoms with Crippen molar-refractivity contribution >= 4 is 29.8 Å². The first kappa shape index (κ1) is 26.7. The Hall–Kier alpha value is -1.95. The van der Waals surface area contributed by atoms with Gasteiger partial charge in [-0.1, -0.05) is 47.0 Å². The van der Waals surface area contributed by atoms with Crippen molar-refractivity contribution < 1.29 is 18.7 Å². The molecule has 34 heavy (non-hydrogen) atoms. The number of fused-ring (bicyclic) bond motifs is 1. The zero-order valence-corrected chi connectivity index (χ0v) is 21.6. The predicted molar refractivity (Wildman–Crippen MR) is 138 cm³/mol. The van der Waals surface area contributed by atoms with Crippen LogP contribution in [0.25, 0.3) is 16.5 Å². The summed E-state index contributed by atoms with van der Waals surface area (Å²) >= 11 is 0. The minimum absolute atomic E-state index is 0.0291. The van der Waals surface area contributed by atoms with E-state index in [1.807, 2.05) is 4.57 Å². The molecular formula is C26H38FN2O4P. The Kier molecular flexibility index (Phi) is 8.77. The first-order valence-electron chi connectivity index (χ1n) is 12.6. The SMILES string of the molecule is CCC(=C(CC)P(=O)(O)O)c1cn(C(CC)CC)c2cc(NC3CCCCC3)c(F)cc2c1=O. The number of anilines is 1. The van der Waals surface area contributed by atoms with Crippen LogP contribution in [-0.4, -0.2) is 20.4 Å². The van der Waals surface area contributed by atoms with E-state index < -0.39 is 18.8 Å². The Morgan fingerprint density at radius 2 is 1.76 bits per heavy atom. The molecule has 0 bridgehead atoms. The Bertz CT molecular complexity index is 1160. The van der Waals surface area contributed by atoms with Gasteiger partial charge in [0.25, 0.3) is 0 Å². The lowest BCUT2D eigenvalue weighted by atomic mass is 9.95. The van der Waals surface area contributed by atoms with Gasteiger partial charge in [0.15, 0.2) is 5.43 Å². The molecule has 1 aromatic heterocycles. The highest BCUT2D eigenvalue weighted by Gasteiger charge is 2.26. The molecule has 1 fully saturated rings. The minimum atomic E-state index is -4.54. The molecule has 0 amide bonds. The van der Waals surface area contributed by atoms with Crippen molar-refractivity contribution in [1.82, 2.24) is 4.57 Å². The number of allylic oxidation sites excluding steroid dienone is 2. The fourth-order valence-electron chi connectivity index (χ4n) is 5.29. The largest absolute Gasteiger partial charge is 0.380 e. The van der Waals surface area contributed by atoms with Gasteiger partial charge in [0, 0.05) is 34.5 Å². The Morgan fingerprint density at radius 1 is 1.12 bits per heavy atom. The quantitative estimate of drug-likeness (QED) is 0.329. The summed E-state index contributed by atoms with van der Waals surface area (Å²) in [6.07, 6.45) is 9.23. The standard InChI is InChI=1S/C26H38FN2O4P/c1-5-18(6-2)29-16-21(19(7-3)25(8-4)34(31,32)33)26(30)20-14-22(27)23(15-24(20)29)28-17-12-10-9-11-13-17/h14-18,28H,5-13H2,1-4H3,(H2,31,32,33). The van der Waals surface area contributed by atoms with Crippen LogP contribution in [0.4, 0.5) is 10.1 Å². The second-order valence-electron chi connectivity index (χ2n) is 9.25. The van der Waals surface area contributed by atoms with Crippen LogP contribution in [0.2, 0.25) is 0 Å². The molecule has 1 heterocycles. The lowest BCUT2D eigenvalue weighted by Gasteiger charge is -2.26. The van der Waals surface area contributed by atoms with Gasteiger partial charge in [-0.2, -0.15) is 0 Å². The zero-order valence-electron chi connectivity index (χ0n) is 20.7. The van der Waals surface area contributed by atoms with E-state index >= 15 is 4.39 Å². The van der Waals surface area contributed by atoms with E-state index in [0.29, 0.717) is 23.2 Å². The van der Waals surface area contributed by atoms with Crippen molar-refractivity contribution in [3.63, 3.8) is 0 Å². The molecule has 1 saturated carbocycles. The summed E-state index contributed by atoms with van der Waals surface area (Å²) in [5.74, 6) is -0.476. The number of aromatic nitrogens is 1. The van der Waals surface area contributed by atoms with Gasteiger partial charge in [-0.05, 0) is 56.2 Å². The van der Waals surface area contributed by atoms with Gasteiger partial charge < -0.3 is 19.7 Å². The maximum Gasteiger partial charge on any atom is 0.352 e. The van der Waals surface area contributed by atoms with Crippen LogP contribution in [-0.2, 0) is 4.57 Å². The number of hydrogen-bond acceptors (Lipinski definition) is 3. The molecule has 6 nitrogen and oxygen atoms in total. The van der Waals surface area contributed by atoms with E-state index in [0.717, 1.165) is 38.5 Å². The van der Waals surface area contributed by atoms with Gasteiger partial charge in [-0.25, -0.2) is 4.39 Å². The molecule has 0 atom stereocenters. The van der Waals surface area contributed by atoms with Crippen molar-refractivity contribution in [2.45, 2.75) is 97.6 Å². The minimum Gasteiger partial charge on any atom is -0.380 e. The monoisotopic (exact) mass is 492 g/mol. The van der Waals surface area contributed by atoms with Gasteiger partial charge in [0.05, 0.1) is 11.2 Å². The number of halogens is 1. The van der Waals surface area contributed by atoms with Gasteiger partial charge >= 0.3 is 7.60 Å². The average molecular weight is 493 g/mol. The van der Waals surface area contributed by atoms with E-state index in [1.54, 1.807) is 26.1 Å². The van der Waals surface area contributed by atoms with Crippen molar-refractivity contribution in [1.29, 1.82) is 0 Å². The normalized spacial score (nSPS) is 16.2. The van der Waals surface area contributed by atoms with Gasteiger partial charge in [-0.15, -0.1) is 0 Å². The number of rotatable bonds is 9. The summed E-state index contributed by atoms with van der Waals surface area (Å²) < 4.78 is 29.4. The topological polar surface area (TPSA) is 91.6 Å². The van der Waals surface area contributed by atoms with Gasteiger partial charge in [0.2, 0.25) is 0 Å². The summed E-state index contributed by atoms with van der Waals surface area (Å²) in [4.78, 5) is 33.4. The summed E-state index contributed by atoms with van der Waals surface area (Å²) in [6, 6.07) is 3.31. The molecule has 3 N–H and O–H groups in total. The smallest absolute Gasteiger partial charge is 0.352 e. The zero-order chi connectivity index (χ0) is 25.0. The average Bonchev–Trinajstić information content (AvgIpc) is 2.80. The van der Waals surface area contributed by atoms with Crippen molar-refractivity contribution in [2.24, 2.45) is 0 Å². The molecule has 2 aromatic rings.